The molecule has 0 saturated carbocycles. The van der Waals surface area contributed by atoms with E-state index in [1.54, 1.807) is 11.3 Å². The van der Waals surface area contributed by atoms with Gasteiger partial charge in [0.05, 0.1) is 5.02 Å². The van der Waals surface area contributed by atoms with E-state index in [2.05, 4.69) is 22.9 Å². The van der Waals surface area contributed by atoms with E-state index in [1.165, 1.54) is 4.88 Å². The van der Waals surface area contributed by atoms with Crippen LogP contribution in [0.25, 0.3) is 0 Å². The first-order valence-electron chi connectivity index (χ1n) is 3.04. The zero-order chi connectivity index (χ0) is 7.56. The van der Waals surface area contributed by atoms with E-state index >= 15 is 0 Å². The second-order valence-corrected chi connectivity index (χ2v) is 4.19. The van der Waals surface area contributed by atoms with Crippen LogP contribution in [0.5, 0.6) is 0 Å². The molecule has 0 fully saturated rings. The summed E-state index contributed by atoms with van der Waals surface area (Å²) in [6.45, 7) is 2.16. The van der Waals surface area contributed by atoms with Crippen molar-refractivity contribution in [2.45, 2.75) is 12.8 Å². The lowest BCUT2D eigenvalue weighted by atomic mass is 10.2. The molecule has 0 bridgehead atoms. The summed E-state index contributed by atoms with van der Waals surface area (Å²) in [7, 11) is 0. The topological polar surface area (TPSA) is 0 Å². The molecule has 0 aliphatic heterocycles. The Balaban J connectivity index is 2.82. The van der Waals surface area contributed by atoms with Crippen LogP contribution in [0.4, 0.5) is 0 Å². The van der Waals surface area contributed by atoms with E-state index in [-0.39, 0.29) is 0 Å². The summed E-state index contributed by atoms with van der Waals surface area (Å²) in [5.41, 5.74) is 0. The minimum absolute atomic E-state index is 0.535. The number of hydrogen-bond donors (Lipinski definition) is 0. The lowest BCUT2D eigenvalue weighted by Crippen LogP contribution is -1.89. The highest BCUT2D eigenvalue weighted by Crippen LogP contribution is 2.30. The average molecular weight is 240 g/mol. The van der Waals surface area contributed by atoms with Crippen molar-refractivity contribution in [3.63, 3.8) is 0 Å². The standard InChI is InChI=1S/C7H8BrClS/c1-5(4-8)7-6(9)2-3-10-7/h2-3,5H,4H2,1H3. The quantitative estimate of drug-likeness (QED) is 0.687. The molecule has 0 N–H and O–H groups in total. The molecule has 0 aliphatic rings. The fourth-order valence-corrected chi connectivity index (χ4v) is 2.57. The van der Waals surface area contributed by atoms with Gasteiger partial charge in [-0.2, -0.15) is 0 Å². The fraction of sp³-hybridized carbons (Fsp3) is 0.429. The third-order valence-corrected chi connectivity index (χ3v) is 3.89. The molecule has 0 spiro atoms. The Kier molecular flexibility index (Phi) is 3.21. The second kappa shape index (κ2) is 3.74. The van der Waals surface area contributed by atoms with Gasteiger partial charge in [0.25, 0.3) is 0 Å². The van der Waals surface area contributed by atoms with Crippen LogP contribution in [0.15, 0.2) is 11.4 Å². The monoisotopic (exact) mass is 238 g/mol. The number of hydrogen-bond acceptors (Lipinski definition) is 1. The zero-order valence-electron chi connectivity index (χ0n) is 5.60. The Bertz CT molecular complexity index is 209. The summed E-state index contributed by atoms with van der Waals surface area (Å²) in [5.74, 6) is 0.535. The maximum absolute atomic E-state index is 5.90. The molecule has 1 rings (SSSR count). The van der Waals surface area contributed by atoms with Gasteiger partial charge in [-0.1, -0.05) is 34.5 Å². The average Bonchev–Trinajstić information content (AvgIpc) is 2.34. The van der Waals surface area contributed by atoms with Crippen LogP contribution in [-0.4, -0.2) is 5.33 Å². The van der Waals surface area contributed by atoms with E-state index in [4.69, 9.17) is 11.6 Å². The number of rotatable bonds is 2. The van der Waals surface area contributed by atoms with Crippen molar-refractivity contribution in [2.24, 2.45) is 0 Å². The maximum atomic E-state index is 5.90. The first-order valence-corrected chi connectivity index (χ1v) is 5.42. The van der Waals surface area contributed by atoms with Crippen molar-refractivity contribution in [2.75, 3.05) is 5.33 Å². The molecule has 0 nitrogen and oxygen atoms in total. The van der Waals surface area contributed by atoms with Crippen LogP contribution in [0.3, 0.4) is 0 Å². The van der Waals surface area contributed by atoms with Crippen molar-refractivity contribution in [3.8, 4) is 0 Å². The molecule has 0 aromatic carbocycles. The molecule has 10 heavy (non-hydrogen) atoms. The predicted octanol–water partition coefficient (Wildman–Crippen LogP) is 3.90. The molecular formula is C7H8BrClS. The van der Waals surface area contributed by atoms with Gasteiger partial charge in [-0.05, 0) is 11.4 Å². The molecule has 3 heteroatoms. The molecule has 1 heterocycles. The van der Waals surface area contributed by atoms with Gasteiger partial charge in [0.2, 0.25) is 0 Å². The highest BCUT2D eigenvalue weighted by atomic mass is 79.9. The molecule has 56 valence electrons. The van der Waals surface area contributed by atoms with Gasteiger partial charge in [-0.25, -0.2) is 0 Å². The molecule has 0 amide bonds. The van der Waals surface area contributed by atoms with Crippen molar-refractivity contribution in [1.82, 2.24) is 0 Å². The van der Waals surface area contributed by atoms with Gasteiger partial charge in [-0.15, -0.1) is 11.3 Å². The summed E-state index contributed by atoms with van der Waals surface area (Å²) < 4.78 is 0. The molecule has 0 saturated heterocycles. The molecule has 0 radical (unpaired) electrons. The summed E-state index contributed by atoms with van der Waals surface area (Å²) in [4.78, 5) is 1.28. The Morgan fingerprint density at radius 1 is 1.80 bits per heavy atom. The molecule has 1 aromatic heterocycles. The zero-order valence-corrected chi connectivity index (χ0v) is 8.76. The summed E-state index contributed by atoms with van der Waals surface area (Å²) in [6.07, 6.45) is 0. The van der Waals surface area contributed by atoms with Crippen LogP contribution in [0, 0.1) is 0 Å². The van der Waals surface area contributed by atoms with E-state index in [1.807, 2.05) is 11.4 Å². The Hall–Kier alpha value is 0.470. The number of thiophene rings is 1. The van der Waals surface area contributed by atoms with Crippen LogP contribution < -0.4 is 0 Å². The van der Waals surface area contributed by atoms with Gasteiger partial charge < -0.3 is 0 Å². The van der Waals surface area contributed by atoms with Crippen molar-refractivity contribution >= 4 is 38.9 Å². The SMILES string of the molecule is CC(CBr)c1sccc1Cl. The lowest BCUT2D eigenvalue weighted by Gasteiger charge is -2.03. The van der Waals surface area contributed by atoms with Gasteiger partial charge in [-0.3, -0.25) is 0 Å². The largest absolute Gasteiger partial charge is 0.147 e. The normalized spacial score (nSPS) is 13.5. The fourth-order valence-electron chi connectivity index (χ4n) is 0.727. The van der Waals surface area contributed by atoms with Gasteiger partial charge >= 0.3 is 0 Å². The smallest absolute Gasteiger partial charge is 0.0548 e. The Morgan fingerprint density at radius 2 is 2.50 bits per heavy atom. The van der Waals surface area contributed by atoms with Crippen LogP contribution in [-0.2, 0) is 0 Å². The highest BCUT2D eigenvalue weighted by molar-refractivity contribution is 9.09. The molecular weight excluding hydrogens is 232 g/mol. The van der Waals surface area contributed by atoms with E-state index in [9.17, 15) is 0 Å². The molecule has 1 atom stereocenters. The van der Waals surface area contributed by atoms with Gasteiger partial charge in [0, 0.05) is 16.1 Å². The molecule has 1 aromatic rings. The van der Waals surface area contributed by atoms with E-state index in [0.717, 1.165) is 10.4 Å². The van der Waals surface area contributed by atoms with E-state index < -0.39 is 0 Å². The van der Waals surface area contributed by atoms with E-state index in [0.29, 0.717) is 5.92 Å². The lowest BCUT2D eigenvalue weighted by molar-refractivity contribution is 0.912. The van der Waals surface area contributed by atoms with Crippen LogP contribution in [0.2, 0.25) is 5.02 Å². The number of alkyl halides is 1. The first kappa shape index (κ1) is 8.57. The van der Waals surface area contributed by atoms with Crippen molar-refractivity contribution < 1.29 is 0 Å². The molecule has 1 unspecified atom stereocenters. The predicted molar refractivity (Wildman–Crippen MR) is 51.5 cm³/mol. The Labute approximate surface area is 78.3 Å². The highest BCUT2D eigenvalue weighted by Gasteiger charge is 2.08. The van der Waals surface area contributed by atoms with Crippen molar-refractivity contribution in [3.05, 3.63) is 21.3 Å². The summed E-state index contributed by atoms with van der Waals surface area (Å²) >= 11 is 11.0. The van der Waals surface area contributed by atoms with Crippen LogP contribution >= 0.6 is 38.9 Å². The summed E-state index contributed by atoms with van der Waals surface area (Å²) in [6, 6.07) is 1.95. The van der Waals surface area contributed by atoms with Gasteiger partial charge in [0.15, 0.2) is 0 Å². The number of halogens is 2. The Morgan fingerprint density at radius 3 is 2.90 bits per heavy atom. The van der Waals surface area contributed by atoms with Gasteiger partial charge in [0.1, 0.15) is 0 Å². The maximum Gasteiger partial charge on any atom is 0.0548 e. The van der Waals surface area contributed by atoms with Crippen molar-refractivity contribution in [1.29, 1.82) is 0 Å². The molecule has 0 aliphatic carbocycles. The third-order valence-electron chi connectivity index (χ3n) is 1.32. The van der Waals surface area contributed by atoms with Crippen LogP contribution in [0.1, 0.15) is 17.7 Å². The third kappa shape index (κ3) is 1.74. The minimum atomic E-state index is 0.535. The second-order valence-electron chi connectivity index (χ2n) is 2.19. The minimum Gasteiger partial charge on any atom is -0.147 e. The summed E-state index contributed by atoms with van der Waals surface area (Å²) in [5, 5.41) is 3.90. The first-order chi connectivity index (χ1) is 4.75.